The van der Waals surface area contributed by atoms with E-state index in [1.807, 2.05) is 76.0 Å². The maximum atomic E-state index is 2.23. The molecular weight excluding hydrogens is 480 g/mol. The molecule has 0 saturated heterocycles. The van der Waals surface area contributed by atoms with Gasteiger partial charge in [0, 0.05) is 10.1 Å². The van der Waals surface area contributed by atoms with Crippen LogP contribution in [0.3, 0.4) is 0 Å². The summed E-state index contributed by atoms with van der Waals surface area (Å²) in [7, 11) is 0. The van der Waals surface area contributed by atoms with E-state index in [4.69, 9.17) is 0 Å². The van der Waals surface area contributed by atoms with Crippen molar-refractivity contribution < 1.29 is 34.1 Å². The van der Waals surface area contributed by atoms with E-state index in [1.165, 1.54) is 27.5 Å². The fourth-order valence-corrected chi connectivity index (χ4v) is 3.76. The van der Waals surface area contributed by atoms with Crippen molar-refractivity contribution in [1.29, 1.82) is 0 Å². The number of rotatable bonds is 4. The van der Waals surface area contributed by atoms with Gasteiger partial charge in [-0.2, -0.15) is 0 Å². The van der Waals surface area contributed by atoms with E-state index in [2.05, 4.69) is 76.1 Å². The Balaban J connectivity index is 0.000000331. The topological polar surface area (TPSA) is 0 Å². The summed E-state index contributed by atoms with van der Waals surface area (Å²) in [4.78, 5) is 1.31. The molecule has 4 aliphatic carbocycles. The number of aryl methyl sites for hydroxylation is 1. The van der Waals surface area contributed by atoms with Crippen LogP contribution in [-0.4, -0.2) is 0 Å². The summed E-state index contributed by atoms with van der Waals surface area (Å²) in [5.41, 5.74) is 1.31. The number of benzene rings is 1. The van der Waals surface area contributed by atoms with Gasteiger partial charge in [-0.1, -0.05) is 17.7 Å². The van der Waals surface area contributed by atoms with Crippen molar-refractivity contribution in [2.45, 2.75) is 18.2 Å². The average molecular weight is 506 g/mol. The Hall–Kier alpha value is 0.609. The van der Waals surface area contributed by atoms with E-state index in [-0.39, 0.29) is 34.1 Å². The second-order valence-electron chi connectivity index (χ2n) is 6.72. The minimum absolute atomic E-state index is 0. The molecule has 0 N–H and O–H groups in total. The van der Waals surface area contributed by atoms with E-state index in [0.29, 0.717) is 0 Å². The molecule has 0 aromatic heterocycles. The molecule has 156 valence electrons. The van der Waals surface area contributed by atoms with Crippen LogP contribution < -0.4 is 0 Å². The maximum absolute atomic E-state index is 2.23. The number of thioether (sulfide) groups is 1. The number of hydrogen-bond donors (Lipinski definition) is 0. The van der Waals surface area contributed by atoms with Gasteiger partial charge in [-0.05, 0) is 146 Å². The summed E-state index contributed by atoms with van der Waals surface area (Å²) >= 11 is 1.85. The summed E-state index contributed by atoms with van der Waals surface area (Å²) in [6.45, 7) is 2.12. The fourth-order valence-electron chi connectivity index (χ4n) is 2.81. The van der Waals surface area contributed by atoms with E-state index in [0.717, 1.165) is 6.42 Å². The summed E-state index contributed by atoms with van der Waals surface area (Å²) < 4.78 is 0. The molecule has 0 unspecified atom stereocenters. The van der Waals surface area contributed by atoms with Crippen molar-refractivity contribution in [2.24, 2.45) is 0 Å². The van der Waals surface area contributed by atoms with Crippen molar-refractivity contribution in [3.8, 4) is 0 Å². The minimum Gasteiger partial charge on any atom is -0.117 e. The van der Waals surface area contributed by atoms with E-state index < -0.39 is 0 Å². The molecule has 1 aromatic carbocycles. The minimum atomic E-state index is 0. The molecule has 0 amide bonds. The summed E-state index contributed by atoms with van der Waals surface area (Å²) in [6.07, 6.45) is 36.2. The Morgan fingerprint density at radius 1 is 0.548 bits per heavy atom. The fraction of sp³-hybridized carbons (Fsp3) is 0.0714. The van der Waals surface area contributed by atoms with Crippen LogP contribution in [-0.2, 0) is 34.1 Å². The van der Waals surface area contributed by atoms with Crippen LogP contribution in [0.4, 0.5) is 0 Å². The predicted molar refractivity (Wildman–Crippen MR) is 124 cm³/mol. The Kier molecular flexibility index (Phi) is 17.2. The second kappa shape index (κ2) is 18.0. The average Bonchev–Trinajstić information content (AvgIpc) is 3.55. The molecule has 5 rings (SSSR count). The molecule has 31 heavy (non-hydrogen) atoms. The first kappa shape index (κ1) is 29.6. The standard InChI is InChI=1S/C18H16S.2C5H5.2Fe/c1-14-9-11-17(12-10-14)19-18-8-4-7-16(18)13-15-5-2-3-6-15;2*1-2-4-5-3-1;;/h2-12H,13H2,1H3;2*1-5H;;/q;;;2*+2. The molecule has 0 nitrogen and oxygen atoms in total. The van der Waals surface area contributed by atoms with Crippen LogP contribution in [0.1, 0.15) is 12.0 Å². The molecule has 0 bridgehead atoms. The molecule has 4 aliphatic rings. The van der Waals surface area contributed by atoms with Gasteiger partial charge in [-0.25, -0.2) is 0 Å². The van der Waals surface area contributed by atoms with Gasteiger partial charge in [0.2, 0.25) is 0 Å². The first-order valence-electron chi connectivity index (χ1n) is 9.84. The maximum Gasteiger partial charge on any atom is 2.00 e. The first-order chi connectivity index (χ1) is 14.3. The largest absolute Gasteiger partial charge is 2.00 e. The molecule has 3 heteroatoms. The zero-order valence-corrected chi connectivity index (χ0v) is 20.5. The smallest absolute Gasteiger partial charge is 0.117 e. The number of hydrogen-bond acceptors (Lipinski definition) is 1. The summed E-state index contributed by atoms with van der Waals surface area (Å²) in [5.74, 6) is 2.80. The Bertz CT molecular complexity index is 505. The van der Waals surface area contributed by atoms with Crippen LogP contribution >= 0.6 is 11.8 Å². The van der Waals surface area contributed by atoms with Crippen molar-refractivity contribution in [3.63, 3.8) is 0 Å². The molecule has 20 radical (unpaired) electrons. The van der Waals surface area contributed by atoms with E-state index in [1.54, 1.807) is 0 Å². The van der Waals surface area contributed by atoms with Crippen molar-refractivity contribution >= 4 is 11.8 Å². The van der Waals surface area contributed by atoms with Crippen LogP contribution in [0.5, 0.6) is 0 Å². The van der Waals surface area contributed by atoms with Gasteiger partial charge in [0.05, 0.1) is 0 Å². The predicted octanol–water partition coefficient (Wildman–Crippen LogP) is 6.65. The zero-order valence-electron chi connectivity index (χ0n) is 17.4. The van der Waals surface area contributed by atoms with Gasteiger partial charge in [0.25, 0.3) is 0 Å². The van der Waals surface area contributed by atoms with Crippen LogP contribution in [0.15, 0.2) is 29.2 Å². The van der Waals surface area contributed by atoms with Gasteiger partial charge in [0.15, 0.2) is 0 Å². The third-order valence-electron chi connectivity index (χ3n) is 4.35. The Morgan fingerprint density at radius 3 is 1.52 bits per heavy atom. The van der Waals surface area contributed by atoms with Crippen molar-refractivity contribution in [1.82, 2.24) is 0 Å². The quantitative estimate of drug-likeness (QED) is 0.412. The monoisotopic (exact) mass is 506 g/mol. The molecule has 4 saturated carbocycles. The summed E-state index contributed by atoms with van der Waals surface area (Å²) in [6, 6.07) is 8.73. The Labute approximate surface area is 219 Å². The molecule has 0 aliphatic heterocycles. The van der Waals surface area contributed by atoms with E-state index in [9.17, 15) is 0 Å². The molecule has 1 aromatic rings. The third kappa shape index (κ3) is 12.0. The van der Waals surface area contributed by atoms with Crippen LogP contribution in [0, 0.1) is 133 Å². The SMILES string of the molecule is Cc1ccc(S[C]2[CH][CH][CH][C]2C[C]2[CH][CH][CH][CH]2)cc1.[CH]1[CH][CH][CH][CH]1.[CH]1[CH][CH][CH][CH]1.[Fe+2].[Fe+2]. The van der Waals surface area contributed by atoms with Crippen molar-refractivity contribution in [3.05, 3.63) is 156 Å². The van der Waals surface area contributed by atoms with Gasteiger partial charge < -0.3 is 0 Å². The molecule has 0 atom stereocenters. The zero-order chi connectivity index (χ0) is 20.2. The third-order valence-corrected chi connectivity index (χ3v) is 5.47. The van der Waals surface area contributed by atoms with Gasteiger partial charge in [0.1, 0.15) is 0 Å². The molecular formula is C28H26Fe2S+4. The normalized spacial score (nSPS) is 21.5. The van der Waals surface area contributed by atoms with E-state index >= 15 is 0 Å². The van der Waals surface area contributed by atoms with Crippen LogP contribution in [0.2, 0.25) is 0 Å². The van der Waals surface area contributed by atoms with Gasteiger partial charge >= 0.3 is 34.1 Å². The van der Waals surface area contributed by atoms with Gasteiger partial charge in [-0.3, -0.25) is 0 Å². The second-order valence-corrected chi connectivity index (χ2v) is 7.84. The van der Waals surface area contributed by atoms with Gasteiger partial charge in [-0.15, -0.1) is 11.8 Å². The van der Waals surface area contributed by atoms with Crippen LogP contribution in [0.25, 0.3) is 0 Å². The van der Waals surface area contributed by atoms with Crippen molar-refractivity contribution in [2.75, 3.05) is 0 Å². The molecule has 0 spiro atoms. The Morgan fingerprint density at radius 2 is 1.03 bits per heavy atom. The summed E-state index contributed by atoms with van der Waals surface area (Å²) in [5, 5.41) is 1.37. The first-order valence-corrected chi connectivity index (χ1v) is 10.7. The molecule has 4 fully saturated rings. The molecule has 0 heterocycles.